The summed E-state index contributed by atoms with van der Waals surface area (Å²) < 4.78 is 6.27. The van der Waals surface area contributed by atoms with Crippen LogP contribution in [-0.4, -0.2) is 15.0 Å². The van der Waals surface area contributed by atoms with E-state index in [9.17, 15) is 0 Å². The first-order chi connectivity index (χ1) is 23.3. The van der Waals surface area contributed by atoms with Crippen LogP contribution in [0.25, 0.3) is 89.1 Å². The van der Waals surface area contributed by atoms with Crippen molar-refractivity contribution in [2.24, 2.45) is 0 Å². The Morgan fingerprint density at radius 3 is 1.68 bits per heavy atom. The fraction of sp³-hybridized carbons (Fsp3) is 0. The highest BCUT2D eigenvalue weighted by molar-refractivity contribution is 6.12. The summed E-state index contributed by atoms with van der Waals surface area (Å²) in [6.07, 6.45) is 0. The lowest BCUT2D eigenvalue weighted by molar-refractivity contribution is 0.669. The van der Waals surface area contributed by atoms with E-state index in [1.807, 2.05) is 54.6 Å². The molecular formula is C43H27N3O. The fourth-order valence-electron chi connectivity index (χ4n) is 6.36. The number of nitrogens with zero attached hydrogens (tertiary/aromatic N) is 3. The van der Waals surface area contributed by atoms with Gasteiger partial charge in [-0.3, -0.25) is 0 Å². The molecule has 47 heavy (non-hydrogen) atoms. The van der Waals surface area contributed by atoms with E-state index in [4.69, 9.17) is 19.4 Å². The number of hydrogen-bond acceptors (Lipinski definition) is 4. The minimum atomic E-state index is 0.618. The van der Waals surface area contributed by atoms with Gasteiger partial charge in [0.2, 0.25) is 0 Å². The Morgan fingerprint density at radius 1 is 0.319 bits per heavy atom. The third-order valence-electron chi connectivity index (χ3n) is 8.73. The van der Waals surface area contributed by atoms with Crippen molar-refractivity contribution in [2.45, 2.75) is 0 Å². The summed E-state index contributed by atoms with van der Waals surface area (Å²) in [4.78, 5) is 15.2. The van der Waals surface area contributed by atoms with Gasteiger partial charge in [-0.05, 0) is 57.3 Å². The Bertz CT molecular complexity index is 2550. The van der Waals surface area contributed by atoms with Gasteiger partial charge in [0, 0.05) is 27.5 Å². The molecule has 2 heterocycles. The lowest BCUT2D eigenvalue weighted by Crippen LogP contribution is -2.00. The van der Waals surface area contributed by atoms with E-state index >= 15 is 0 Å². The molecule has 9 aromatic rings. The number of furan rings is 1. The Morgan fingerprint density at radius 2 is 0.894 bits per heavy atom. The molecule has 0 unspecified atom stereocenters. The van der Waals surface area contributed by atoms with Crippen LogP contribution in [0, 0.1) is 0 Å². The maximum Gasteiger partial charge on any atom is 0.164 e. The maximum absolute atomic E-state index is 6.27. The van der Waals surface area contributed by atoms with Crippen molar-refractivity contribution < 1.29 is 4.42 Å². The second-order valence-electron chi connectivity index (χ2n) is 11.7. The number of benzene rings is 7. The minimum Gasteiger partial charge on any atom is -0.456 e. The van der Waals surface area contributed by atoms with Crippen molar-refractivity contribution in [3.63, 3.8) is 0 Å². The molecule has 4 heteroatoms. The molecule has 220 valence electrons. The molecule has 0 fully saturated rings. The number of hydrogen-bond donors (Lipinski definition) is 0. The summed E-state index contributed by atoms with van der Waals surface area (Å²) in [6.45, 7) is 0. The first-order valence-corrected chi connectivity index (χ1v) is 15.7. The molecule has 0 N–H and O–H groups in total. The highest BCUT2D eigenvalue weighted by atomic mass is 16.3. The van der Waals surface area contributed by atoms with Crippen LogP contribution in [0.4, 0.5) is 0 Å². The summed E-state index contributed by atoms with van der Waals surface area (Å²) >= 11 is 0. The molecule has 2 aromatic heterocycles. The SMILES string of the molecule is c1ccc(-c2ccc(-c3cccc(-c4nc(-c5ccccc5)nc(-c5cccc6cc7c(cc56)oc5ccccc57)n4)c3)cc2)cc1. The van der Waals surface area contributed by atoms with E-state index in [1.165, 1.54) is 11.1 Å². The summed E-state index contributed by atoms with van der Waals surface area (Å²) in [5.74, 6) is 1.87. The van der Waals surface area contributed by atoms with Crippen molar-refractivity contribution in [1.82, 2.24) is 15.0 Å². The fourth-order valence-corrected chi connectivity index (χ4v) is 6.36. The van der Waals surface area contributed by atoms with Gasteiger partial charge in [0.15, 0.2) is 17.5 Å². The molecule has 0 atom stereocenters. The normalized spacial score (nSPS) is 11.4. The number of rotatable bonds is 5. The highest BCUT2D eigenvalue weighted by Gasteiger charge is 2.16. The maximum atomic E-state index is 6.27. The molecule has 4 nitrogen and oxygen atoms in total. The van der Waals surface area contributed by atoms with Gasteiger partial charge in [-0.2, -0.15) is 0 Å². The first-order valence-electron chi connectivity index (χ1n) is 15.7. The van der Waals surface area contributed by atoms with Crippen molar-refractivity contribution in [3.05, 3.63) is 164 Å². The van der Waals surface area contributed by atoms with Gasteiger partial charge >= 0.3 is 0 Å². The molecule has 0 spiro atoms. The van der Waals surface area contributed by atoms with Gasteiger partial charge in [-0.1, -0.05) is 140 Å². The molecule has 0 radical (unpaired) electrons. The zero-order valence-electron chi connectivity index (χ0n) is 25.3. The Labute approximate surface area is 271 Å². The van der Waals surface area contributed by atoms with E-state index in [-0.39, 0.29) is 0 Å². The van der Waals surface area contributed by atoms with Gasteiger partial charge in [0.1, 0.15) is 11.2 Å². The van der Waals surface area contributed by atoms with Gasteiger partial charge in [-0.15, -0.1) is 0 Å². The number of aromatic nitrogens is 3. The Hall–Kier alpha value is -6.39. The van der Waals surface area contributed by atoms with E-state index in [1.54, 1.807) is 0 Å². The average molecular weight is 602 g/mol. The van der Waals surface area contributed by atoms with Crippen molar-refractivity contribution in [1.29, 1.82) is 0 Å². The van der Waals surface area contributed by atoms with E-state index in [2.05, 4.69) is 109 Å². The third kappa shape index (κ3) is 4.93. The zero-order chi connectivity index (χ0) is 31.2. The lowest BCUT2D eigenvalue weighted by atomic mass is 9.99. The monoisotopic (exact) mass is 601 g/mol. The van der Waals surface area contributed by atoms with Crippen LogP contribution >= 0.6 is 0 Å². The smallest absolute Gasteiger partial charge is 0.164 e. The molecule has 0 aliphatic rings. The predicted molar refractivity (Wildman–Crippen MR) is 192 cm³/mol. The summed E-state index contributed by atoms with van der Waals surface area (Å²) in [5.41, 5.74) is 9.13. The van der Waals surface area contributed by atoms with Gasteiger partial charge in [-0.25, -0.2) is 15.0 Å². The van der Waals surface area contributed by atoms with Gasteiger partial charge in [0.05, 0.1) is 0 Å². The second kappa shape index (κ2) is 11.2. The van der Waals surface area contributed by atoms with Crippen molar-refractivity contribution in [3.8, 4) is 56.4 Å². The van der Waals surface area contributed by atoms with Crippen LogP contribution in [0.2, 0.25) is 0 Å². The number of para-hydroxylation sites is 1. The van der Waals surface area contributed by atoms with E-state index < -0.39 is 0 Å². The van der Waals surface area contributed by atoms with E-state index in [0.717, 1.165) is 60.5 Å². The molecule has 0 aliphatic carbocycles. The topological polar surface area (TPSA) is 51.8 Å². The van der Waals surface area contributed by atoms with Crippen molar-refractivity contribution in [2.75, 3.05) is 0 Å². The summed E-state index contributed by atoms with van der Waals surface area (Å²) in [5, 5.41) is 4.34. The molecule has 7 aromatic carbocycles. The average Bonchev–Trinajstić information content (AvgIpc) is 3.52. The van der Waals surface area contributed by atoms with Crippen LogP contribution in [0.3, 0.4) is 0 Å². The molecule has 0 aliphatic heterocycles. The highest BCUT2D eigenvalue weighted by Crippen LogP contribution is 2.36. The zero-order valence-corrected chi connectivity index (χ0v) is 25.3. The Kier molecular flexibility index (Phi) is 6.43. The van der Waals surface area contributed by atoms with Crippen LogP contribution in [-0.2, 0) is 0 Å². The minimum absolute atomic E-state index is 0.618. The molecule has 0 saturated carbocycles. The summed E-state index contributed by atoms with van der Waals surface area (Å²) in [7, 11) is 0. The third-order valence-corrected chi connectivity index (χ3v) is 8.73. The van der Waals surface area contributed by atoms with Crippen LogP contribution in [0.5, 0.6) is 0 Å². The van der Waals surface area contributed by atoms with Crippen LogP contribution in [0.15, 0.2) is 168 Å². The van der Waals surface area contributed by atoms with Gasteiger partial charge in [0.25, 0.3) is 0 Å². The van der Waals surface area contributed by atoms with Crippen molar-refractivity contribution >= 4 is 32.7 Å². The lowest BCUT2D eigenvalue weighted by Gasteiger charge is -2.11. The standard InChI is InChI=1S/C43H27N3O/c1-3-11-28(12-4-1)29-21-23-30(24-22-29)32-15-9-17-34(25-32)42-44-41(31-13-5-2-6-14-31)45-43(46-42)36-19-10-16-33-26-38-35-18-7-8-20-39(35)47-40(38)27-37(33)36/h1-27H. The molecule has 0 bridgehead atoms. The second-order valence-corrected chi connectivity index (χ2v) is 11.7. The quantitative estimate of drug-likeness (QED) is 0.197. The molecule has 9 rings (SSSR count). The molecule has 0 saturated heterocycles. The summed E-state index contributed by atoms with van der Waals surface area (Å²) in [6, 6.07) is 56.4. The first kappa shape index (κ1) is 27.0. The molecular weight excluding hydrogens is 574 g/mol. The predicted octanol–water partition coefficient (Wildman–Crippen LogP) is 11.3. The number of fused-ring (bicyclic) bond motifs is 4. The van der Waals surface area contributed by atoms with E-state index in [0.29, 0.717) is 17.5 Å². The largest absolute Gasteiger partial charge is 0.456 e. The molecule has 0 amide bonds. The van der Waals surface area contributed by atoms with Crippen LogP contribution < -0.4 is 0 Å². The van der Waals surface area contributed by atoms with Crippen LogP contribution in [0.1, 0.15) is 0 Å². The van der Waals surface area contributed by atoms with Gasteiger partial charge < -0.3 is 4.42 Å². The Balaban J connectivity index is 1.18.